The number of esters is 1. The monoisotopic (exact) mass is 269 g/mol. The normalized spacial score (nSPS) is 16.6. The van der Waals surface area contributed by atoms with Crippen LogP contribution in [0.2, 0.25) is 0 Å². The summed E-state index contributed by atoms with van der Waals surface area (Å²) >= 11 is 1.50. The van der Waals surface area contributed by atoms with Crippen LogP contribution in [0.25, 0.3) is 6.08 Å². The number of carbonyl (C=O) groups excluding carboxylic acids is 1. The summed E-state index contributed by atoms with van der Waals surface area (Å²) in [5, 5.41) is 1.92. The maximum atomic E-state index is 11.8. The first kappa shape index (κ1) is 11.9. The first-order valence-electron chi connectivity index (χ1n) is 5.85. The van der Waals surface area contributed by atoms with Gasteiger partial charge in [0, 0.05) is 0 Å². The van der Waals surface area contributed by atoms with Gasteiger partial charge >= 0.3 is 5.97 Å². The quantitative estimate of drug-likeness (QED) is 0.619. The van der Waals surface area contributed by atoms with Gasteiger partial charge in [-0.15, -0.1) is 11.3 Å². The van der Waals surface area contributed by atoms with Crippen molar-refractivity contribution >= 4 is 29.3 Å². The van der Waals surface area contributed by atoms with E-state index in [-0.39, 0.29) is 0 Å². The minimum atomic E-state index is -0.399. The van der Waals surface area contributed by atoms with E-state index in [1.807, 2.05) is 48.7 Å². The van der Waals surface area contributed by atoms with Crippen molar-refractivity contribution in [3.8, 4) is 0 Å². The molecule has 1 aliphatic heterocycles. The molecule has 0 saturated heterocycles. The largest absolute Gasteiger partial charge is 0.401 e. The molecule has 0 amide bonds. The van der Waals surface area contributed by atoms with Crippen LogP contribution in [0.15, 0.2) is 52.5 Å². The van der Waals surface area contributed by atoms with Gasteiger partial charge in [0.1, 0.15) is 0 Å². The standard InChI is InChI=1S/C15H11NO2S/c1-10-4-6-11(7-5-10)9-12-15(17)18-14(16-12)13-3-2-8-19-13/h2-9H,1H3/b12-9-. The maximum Gasteiger partial charge on any atom is 0.363 e. The highest BCUT2D eigenvalue weighted by atomic mass is 32.1. The molecule has 94 valence electrons. The fourth-order valence-electron chi connectivity index (χ4n) is 1.74. The molecule has 0 spiro atoms. The van der Waals surface area contributed by atoms with Gasteiger partial charge in [-0.3, -0.25) is 0 Å². The Morgan fingerprint density at radius 3 is 2.68 bits per heavy atom. The van der Waals surface area contributed by atoms with Gasteiger partial charge < -0.3 is 4.74 Å². The van der Waals surface area contributed by atoms with Gasteiger partial charge in [0.25, 0.3) is 0 Å². The van der Waals surface area contributed by atoms with Crippen molar-refractivity contribution < 1.29 is 9.53 Å². The van der Waals surface area contributed by atoms with Crippen LogP contribution >= 0.6 is 11.3 Å². The van der Waals surface area contributed by atoms with Crippen LogP contribution in [0.5, 0.6) is 0 Å². The molecule has 0 radical (unpaired) electrons. The minimum Gasteiger partial charge on any atom is -0.401 e. The molecule has 1 aliphatic rings. The number of carbonyl (C=O) groups is 1. The Kier molecular flexibility index (Phi) is 3.01. The van der Waals surface area contributed by atoms with Crippen LogP contribution in [-0.2, 0) is 9.53 Å². The second-order valence-electron chi connectivity index (χ2n) is 4.22. The first-order valence-corrected chi connectivity index (χ1v) is 6.73. The molecule has 3 rings (SSSR count). The summed E-state index contributed by atoms with van der Waals surface area (Å²) in [5.41, 5.74) is 2.46. The number of aryl methyl sites for hydroxylation is 1. The highest BCUT2D eigenvalue weighted by Gasteiger charge is 2.24. The number of hydrogen-bond acceptors (Lipinski definition) is 4. The van der Waals surface area contributed by atoms with Crippen molar-refractivity contribution in [2.75, 3.05) is 0 Å². The van der Waals surface area contributed by atoms with E-state index in [0.29, 0.717) is 11.6 Å². The van der Waals surface area contributed by atoms with Crippen LogP contribution in [-0.4, -0.2) is 11.9 Å². The van der Waals surface area contributed by atoms with Crippen molar-refractivity contribution in [3.63, 3.8) is 0 Å². The fraction of sp³-hybridized carbons (Fsp3) is 0.0667. The second-order valence-corrected chi connectivity index (χ2v) is 5.17. The van der Waals surface area contributed by atoms with Gasteiger partial charge in [-0.25, -0.2) is 9.79 Å². The van der Waals surface area contributed by atoms with E-state index in [1.54, 1.807) is 6.08 Å². The molecule has 1 aromatic heterocycles. The lowest BCUT2D eigenvalue weighted by molar-refractivity contribution is -0.129. The van der Waals surface area contributed by atoms with Crippen molar-refractivity contribution in [3.05, 3.63) is 63.5 Å². The van der Waals surface area contributed by atoms with Gasteiger partial charge in [0.05, 0.1) is 4.88 Å². The topological polar surface area (TPSA) is 38.7 Å². The Labute approximate surface area is 114 Å². The number of cyclic esters (lactones) is 1. The fourth-order valence-corrected chi connectivity index (χ4v) is 2.38. The van der Waals surface area contributed by atoms with E-state index >= 15 is 0 Å². The third-order valence-electron chi connectivity index (χ3n) is 2.73. The summed E-state index contributed by atoms with van der Waals surface area (Å²) in [6.07, 6.45) is 1.74. The Balaban J connectivity index is 1.92. The van der Waals surface area contributed by atoms with E-state index < -0.39 is 5.97 Å². The lowest BCUT2D eigenvalue weighted by Gasteiger charge is -1.95. The SMILES string of the molecule is Cc1ccc(/C=C2\N=C(c3cccs3)OC2=O)cc1. The van der Waals surface area contributed by atoms with E-state index in [1.165, 1.54) is 16.9 Å². The molecule has 19 heavy (non-hydrogen) atoms. The van der Waals surface area contributed by atoms with E-state index in [4.69, 9.17) is 4.74 Å². The summed E-state index contributed by atoms with van der Waals surface area (Å²) in [7, 11) is 0. The highest BCUT2D eigenvalue weighted by Crippen LogP contribution is 2.21. The minimum absolute atomic E-state index is 0.340. The number of ether oxygens (including phenoxy) is 1. The number of rotatable bonds is 2. The van der Waals surface area contributed by atoms with Crippen molar-refractivity contribution in [1.82, 2.24) is 0 Å². The lowest BCUT2D eigenvalue weighted by atomic mass is 10.1. The summed E-state index contributed by atoms with van der Waals surface area (Å²) in [5.74, 6) is -0.0117. The van der Waals surface area contributed by atoms with E-state index in [9.17, 15) is 4.79 Å². The Morgan fingerprint density at radius 2 is 2.00 bits per heavy atom. The van der Waals surface area contributed by atoms with Crippen molar-refractivity contribution in [1.29, 1.82) is 0 Å². The molecule has 2 aromatic rings. The van der Waals surface area contributed by atoms with Gasteiger partial charge in [0.15, 0.2) is 5.70 Å². The number of benzene rings is 1. The van der Waals surface area contributed by atoms with Crippen LogP contribution in [0.3, 0.4) is 0 Å². The van der Waals surface area contributed by atoms with E-state index in [2.05, 4.69) is 4.99 Å². The van der Waals surface area contributed by atoms with Crippen molar-refractivity contribution in [2.45, 2.75) is 6.92 Å². The van der Waals surface area contributed by atoms with Crippen LogP contribution < -0.4 is 0 Å². The molecule has 0 unspecified atom stereocenters. The Morgan fingerprint density at radius 1 is 1.21 bits per heavy atom. The molecule has 0 bridgehead atoms. The zero-order chi connectivity index (χ0) is 13.2. The maximum absolute atomic E-state index is 11.8. The molecule has 2 heterocycles. The molecular weight excluding hydrogens is 258 g/mol. The molecule has 4 heteroatoms. The molecule has 0 saturated carbocycles. The average molecular weight is 269 g/mol. The van der Waals surface area contributed by atoms with Gasteiger partial charge in [-0.2, -0.15) is 0 Å². The summed E-state index contributed by atoms with van der Waals surface area (Å²) < 4.78 is 5.17. The summed E-state index contributed by atoms with van der Waals surface area (Å²) in [6, 6.07) is 11.7. The van der Waals surface area contributed by atoms with Crippen LogP contribution in [0.4, 0.5) is 0 Å². The Bertz CT molecular complexity index is 667. The summed E-state index contributed by atoms with van der Waals surface area (Å²) in [6.45, 7) is 2.02. The number of aliphatic imine (C=N–C) groups is 1. The van der Waals surface area contributed by atoms with Crippen molar-refractivity contribution in [2.24, 2.45) is 4.99 Å². The lowest BCUT2D eigenvalue weighted by Crippen LogP contribution is -2.03. The molecule has 1 aromatic carbocycles. The average Bonchev–Trinajstić information content (AvgIpc) is 3.03. The van der Waals surface area contributed by atoms with Gasteiger partial charge in [-0.05, 0) is 30.0 Å². The molecule has 0 fully saturated rings. The Hall–Kier alpha value is -2.20. The smallest absolute Gasteiger partial charge is 0.363 e. The van der Waals surface area contributed by atoms with Gasteiger partial charge in [-0.1, -0.05) is 35.9 Å². The number of thiophene rings is 1. The molecule has 0 atom stereocenters. The van der Waals surface area contributed by atoms with E-state index in [0.717, 1.165) is 10.4 Å². The zero-order valence-corrected chi connectivity index (χ0v) is 11.1. The van der Waals surface area contributed by atoms with Crippen LogP contribution in [0.1, 0.15) is 16.0 Å². The zero-order valence-electron chi connectivity index (χ0n) is 10.3. The third-order valence-corrected chi connectivity index (χ3v) is 3.59. The highest BCUT2D eigenvalue weighted by molar-refractivity contribution is 7.12. The summed E-state index contributed by atoms with van der Waals surface area (Å²) in [4.78, 5) is 16.9. The molecule has 3 nitrogen and oxygen atoms in total. The van der Waals surface area contributed by atoms with Gasteiger partial charge in [0.2, 0.25) is 5.90 Å². The molecule has 0 aliphatic carbocycles. The predicted octanol–water partition coefficient (Wildman–Crippen LogP) is 3.40. The second kappa shape index (κ2) is 4.82. The third kappa shape index (κ3) is 2.48. The molecular formula is C15H11NO2S. The number of hydrogen-bond donors (Lipinski definition) is 0. The van der Waals surface area contributed by atoms with Crippen LogP contribution in [0, 0.1) is 6.92 Å². The number of nitrogens with zero attached hydrogens (tertiary/aromatic N) is 1. The molecule has 0 N–H and O–H groups in total. The first-order chi connectivity index (χ1) is 9.22. The predicted molar refractivity (Wildman–Crippen MR) is 76.1 cm³/mol.